The Morgan fingerprint density at radius 3 is 2.92 bits per heavy atom. The molecule has 1 fully saturated rings. The Kier molecular flexibility index (Phi) is 4.99. The van der Waals surface area contributed by atoms with E-state index in [0.29, 0.717) is 12.5 Å². The number of H-pyrrole nitrogens is 1. The van der Waals surface area contributed by atoms with E-state index in [9.17, 15) is 0 Å². The van der Waals surface area contributed by atoms with Gasteiger partial charge in [-0.1, -0.05) is 11.6 Å². The maximum absolute atomic E-state index is 6.20. The molecule has 136 valence electrons. The number of halogens is 1. The lowest BCUT2D eigenvalue weighted by atomic mass is 10.1. The molecule has 6 nitrogen and oxygen atoms in total. The number of rotatable bonds is 4. The van der Waals surface area contributed by atoms with Crippen molar-refractivity contribution in [2.24, 2.45) is 10.7 Å². The first-order valence-corrected chi connectivity index (χ1v) is 9.91. The van der Waals surface area contributed by atoms with Gasteiger partial charge in [-0.05, 0) is 30.2 Å². The zero-order valence-corrected chi connectivity index (χ0v) is 15.9. The summed E-state index contributed by atoms with van der Waals surface area (Å²) >= 11 is 7.78. The summed E-state index contributed by atoms with van der Waals surface area (Å²) in [7, 11) is 0. The fourth-order valence-electron chi connectivity index (χ4n) is 3.25. The van der Waals surface area contributed by atoms with E-state index in [4.69, 9.17) is 17.3 Å². The van der Waals surface area contributed by atoms with Gasteiger partial charge in [0.1, 0.15) is 0 Å². The SMILES string of the molecule is NC(=NCCc1c[nH]c2ccc(Cl)cc12)N1CCN(c2nccs2)CC1. The van der Waals surface area contributed by atoms with Gasteiger partial charge in [0.25, 0.3) is 0 Å². The summed E-state index contributed by atoms with van der Waals surface area (Å²) < 4.78 is 0. The van der Waals surface area contributed by atoms with Crippen molar-refractivity contribution in [2.75, 3.05) is 37.6 Å². The van der Waals surface area contributed by atoms with E-state index in [1.54, 1.807) is 11.3 Å². The third-order valence-electron chi connectivity index (χ3n) is 4.68. The average molecular weight is 389 g/mol. The van der Waals surface area contributed by atoms with Gasteiger partial charge >= 0.3 is 0 Å². The van der Waals surface area contributed by atoms with Crippen molar-refractivity contribution in [2.45, 2.75) is 6.42 Å². The third-order valence-corrected chi connectivity index (χ3v) is 5.75. The molecule has 0 atom stereocenters. The predicted molar refractivity (Wildman–Crippen MR) is 109 cm³/mol. The number of aromatic amines is 1. The minimum Gasteiger partial charge on any atom is -0.370 e. The van der Waals surface area contributed by atoms with E-state index in [1.807, 2.05) is 36.0 Å². The van der Waals surface area contributed by atoms with Crippen LogP contribution in [0.2, 0.25) is 5.02 Å². The quantitative estimate of drug-likeness (QED) is 0.532. The lowest BCUT2D eigenvalue weighted by molar-refractivity contribution is 0.380. The Hall–Kier alpha value is -2.25. The van der Waals surface area contributed by atoms with Gasteiger partial charge in [0, 0.05) is 66.4 Å². The van der Waals surface area contributed by atoms with Crippen molar-refractivity contribution < 1.29 is 0 Å². The number of hydrogen-bond acceptors (Lipinski definition) is 4. The molecule has 1 aliphatic heterocycles. The summed E-state index contributed by atoms with van der Waals surface area (Å²) in [5.41, 5.74) is 8.52. The topological polar surface area (TPSA) is 73.5 Å². The van der Waals surface area contributed by atoms with E-state index in [-0.39, 0.29) is 0 Å². The number of thiazole rings is 1. The first-order valence-electron chi connectivity index (χ1n) is 8.65. The standard InChI is InChI=1S/C18H21ClN6S/c19-14-1-2-16-15(11-14)13(12-23-16)3-4-21-17(20)24-6-8-25(9-7-24)18-22-5-10-26-18/h1-2,5,10-12,23H,3-4,6-9H2,(H2,20,21). The number of aliphatic imine (C=N–C) groups is 1. The summed E-state index contributed by atoms with van der Waals surface area (Å²) in [4.78, 5) is 16.7. The van der Waals surface area contributed by atoms with Crippen LogP contribution in [0, 0.1) is 0 Å². The summed E-state index contributed by atoms with van der Waals surface area (Å²) in [5.74, 6) is 0.627. The highest BCUT2D eigenvalue weighted by molar-refractivity contribution is 7.13. The zero-order chi connectivity index (χ0) is 17.9. The first kappa shape index (κ1) is 17.2. The van der Waals surface area contributed by atoms with Crippen molar-refractivity contribution in [3.05, 3.63) is 46.6 Å². The van der Waals surface area contributed by atoms with Gasteiger partial charge in [0.05, 0.1) is 0 Å². The van der Waals surface area contributed by atoms with Gasteiger partial charge in [0.2, 0.25) is 0 Å². The maximum atomic E-state index is 6.20. The van der Waals surface area contributed by atoms with Crippen LogP contribution < -0.4 is 10.6 Å². The monoisotopic (exact) mass is 388 g/mol. The molecule has 3 heterocycles. The van der Waals surface area contributed by atoms with Gasteiger partial charge in [-0.2, -0.15) is 0 Å². The van der Waals surface area contributed by atoms with Gasteiger partial charge in [0.15, 0.2) is 11.1 Å². The number of piperazine rings is 1. The van der Waals surface area contributed by atoms with Crippen LogP contribution in [0.3, 0.4) is 0 Å². The molecule has 0 unspecified atom stereocenters. The molecule has 1 aromatic carbocycles. The number of nitrogens with two attached hydrogens (primary N) is 1. The molecule has 0 radical (unpaired) electrons. The number of anilines is 1. The lowest BCUT2D eigenvalue weighted by Crippen LogP contribution is -2.51. The fourth-order valence-corrected chi connectivity index (χ4v) is 4.12. The van der Waals surface area contributed by atoms with E-state index < -0.39 is 0 Å². The van der Waals surface area contributed by atoms with Gasteiger partial charge in [-0.25, -0.2) is 4.98 Å². The first-order chi connectivity index (χ1) is 12.7. The molecule has 8 heteroatoms. The van der Waals surface area contributed by atoms with Crippen LogP contribution in [0.15, 0.2) is 41.0 Å². The second-order valence-corrected chi connectivity index (χ2v) is 7.59. The molecule has 0 amide bonds. The van der Waals surface area contributed by atoms with Crippen molar-refractivity contribution in [3.8, 4) is 0 Å². The highest BCUT2D eigenvalue weighted by Gasteiger charge is 2.19. The minimum absolute atomic E-state index is 0.627. The second-order valence-electron chi connectivity index (χ2n) is 6.28. The number of nitrogens with one attached hydrogen (secondary N) is 1. The van der Waals surface area contributed by atoms with Crippen molar-refractivity contribution >= 4 is 44.9 Å². The second kappa shape index (κ2) is 7.55. The van der Waals surface area contributed by atoms with Crippen LogP contribution >= 0.6 is 22.9 Å². The Morgan fingerprint density at radius 2 is 2.15 bits per heavy atom. The van der Waals surface area contributed by atoms with Crippen LogP contribution in [0.1, 0.15) is 5.56 Å². The van der Waals surface area contributed by atoms with Gasteiger partial charge in [-0.3, -0.25) is 4.99 Å². The Morgan fingerprint density at radius 1 is 1.31 bits per heavy atom. The van der Waals surface area contributed by atoms with Crippen LogP contribution in [0.5, 0.6) is 0 Å². The van der Waals surface area contributed by atoms with Crippen molar-refractivity contribution in [3.63, 3.8) is 0 Å². The number of benzene rings is 1. The summed E-state index contributed by atoms with van der Waals surface area (Å²) in [6.45, 7) is 4.25. The molecule has 0 spiro atoms. The molecule has 0 saturated carbocycles. The Bertz CT molecular complexity index is 896. The fraction of sp³-hybridized carbons (Fsp3) is 0.333. The highest BCUT2D eigenvalue weighted by atomic mass is 35.5. The molecular formula is C18H21ClN6S. The number of guanidine groups is 1. The number of hydrogen-bond donors (Lipinski definition) is 2. The van der Waals surface area contributed by atoms with Crippen molar-refractivity contribution in [1.82, 2.24) is 14.9 Å². The van der Waals surface area contributed by atoms with E-state index in [2.05, 4.69) is 24.8 Å². The van der Waals surface area contributed by atoms with E-state index >= 15 is 0 Å². The molecule has 3 aromatic rings. The smallest absolute Gasteiger partial charge is 0.191 e. The van der Waals surface area contributed by atoms with Gasteiger partial charge < -0.3 is 20.5 Å². The molecule has 3 N–H and O–H groups in total. The normalized spacial score (nSPS) is 15.8. The van der Waals surface area contributed by atoms with Crippen LogP contribution in [-0.2, 0) is 6.42 Å². The number of fused-ring (bicyclic) bond motifs is 1. The minimum atomic E-state index is 0.627. The molecule has 2 aromatic heterocycles. The van der Waals surface area contributed by atoms with Gasteiger partial charge in [-0.15, -0.1) is 11.3 Å². The largest absolute Gasteiger partial charge is 0.370 e. The summed E-state index contributed by atoms with van der Waals surface area (Å²) in [6, 6.07) is 5.89. The Balaban J connectivity index is 1.33. The number of nitrogens with zero attached hydrogens (tertiary/aromatic N) is 4. The molecule has 4 rings (SSSR count). The van der Waals surface area contributed by atoms with Crippen LogP contribution in [0.25, 0.3) is 10.9 Å². The Labute approximate surface area is 161 Å². The van der Waals surface area contributed by atoms with E-state index in [0.717, 1.165) is 53.7 Å². The summed E-state index contributed by atoms with van der Waals surface area (Å²) in [5, 5.41) is 5.00. The third kappa shape index (κ3) is 3.64. The zero-order valence-electron chi connectivity index (χ0n) is 14.4. The molecule has 1 saturated heterocycles. The molecule has 0 bridgehead atoms. The van der Waals surface area contributed by atoms with E-state index in [1.165, 1.54) is 5.56 Å². The average Bonchev–Trinajstić information content (AvgIpc) is 3.32. The predicted octanol–water partition coefficient (Wildman–Crippen LogP) is 2.96. The molecule has 0 aliphatic carbocycles. The highest BCUT2D eigenvalue weighted by Crippen LogP contribution is 2.23. The molecule has 1 aliphatic rings. The van der Waals surface area contributed by atoms with Crippen LogP contribution in [-0.4, -0.2) is 53.6 Å². The maximum Gasteiger partial charge on any atom is 0.191 e. The number of aromatic nitrogens is 2. The molecule has 26 heavy (non-hydrogen) atoms. The lowest BCUT2D eigenvalue weighted by Gasteiger charge is -2.35. The summed E-state index contributed by atoms with van der Waals surface area (Å²) in [6.07, 6.45) is 4.71. The van der Waals surface area contributed by atoms with Crippen molar-refractivity contribution in [1.29, 1.82) is 0 Å². The van der Waals surface area contributed by atoms with Crippen LogP contribution in [0.4, 0.5) is 5.13 Å². The molecular weight excluding hydrogens is 368 g/mol.